The molecule has 0 unspecified atom stereocenters. The molecule has 0 aliphatic carbocycles. The van der Waals surface area contributed by atoms with Gasteiger partial charge in [-0.1, -0.05) is 18.5 Å². The zero-order valence-corrected chi connectivity index (χ0v) is 14.5. The highest BCUT2D eigenvalue weighted by atomic mass is 35.5. The molecule has 1 aliphatic heterocycles. The average molecular weight is 347 g/mol. The van der Waals surface area contributed by atoms with E-state index in [2.05, 4.69) is 24.8 Å². The van der Waals surface area contributed by atoms with Crippen molar-refractivity contribution in [3.05, 3.63) is 40.8 Å². The first kappa shape index (κ1) is 16.6. The topological polar surface area (TPSA) is 75.1 Å². The SMILES string of the molecule is CCc1c(Cl)nc(C)nc1N1CCN(C(=O)c2cnccn2)CC1. The van der Waals surface area contributed by atoms with Gasteiger partial charge in [0.15, 0.2) is 0 Å². The highest BCUT2D eigenvalue weighted by Crippen LogP contribution is 2.26. The van der Waals surface area contributed by atoms with Crippen LogP contribution in [-0.4, -0.2) is 56.9 Å². The number of aryl methyl sites for hydroxylation is 1. The molecule has 1 saturated heterocycles. The molecule has 1 amide bonds. The number of aromatic nitrogens is 4. The van der Waals surface area contributed by atoms with Crippen LogP contribution in [0.1, 0.15) is 28.8 Å². The lowest BCUT2D eigenvalue weighted by Gasteiger charge is -2.36. The van der Waals surface area contributed by atoms with Gasteiger partial charge in [-0.25, -0.2) is 15.0 Å². The summed E-state index contributed by atoms with van der Waals surface area (Å²) in [6.07, 6.45) is 5.36. The Balaban J connectivity index is 1.73. The molecule has 0 N–H and O–H groups in total. The Labute approximate surface area is 145 Å². The molecule has 8 heteroatoms. The van der Waals surface area contributed by atoms with Crippen LogP contribution in [0, 0.1) is 6.92 Å². The summed E-state index contributed by atoms with van der Waals surface area (Å²) >= 11 is 6.26. The van der Waals surface area contributed by atoms with E-state index < -0.39 is 0 Å². The Morgan fingerprint density at radius 3 is 2.58 bits per heavy atom. The fourth-order valence-corrected chi connectivity index (χ4v) is 3.15. The number of carbonyl (C=O) groups is 1. The summed E-state index contributed by atoms with van der Waals surface area (Å²) < 4.78 is 0. The van der Waals surface area contributed by atoms with Gasteiger partial charge in [-0.05, 0) is 13.3 Å². The molecule has 3 heterocycles. The lowest BCUT2D eigenvalue weighted by atomic mass is 10.2. The first-order chi connectivity index (χ1) is 11.6. The number of halogens is 1. The van der Waals surface area contributed by atoms with Gasteiger partial charge in [-0.2, -0.15) is 0 Å². The van der Waals surface area contributed by atoms with E-state index >= 15 is 0 Å². The van der Waals surface area contributed by atoms with Crippen LogP contribution in [0.2, 0.25) is 5.15 Å². The van der Waals surface area contributed by atoms with Crippen molar-refractivity contribution in [3.63, 3.8) is 0 Å². The Morgan fingerprint density at radius 1 is 1.21 bits per heavy atom. The average Bonchev–Trinajstić information content (AvgIpc) is 2.61. The smallest absolute Gasteiger partial charge is 0.274 e. The molecule has 0 atom stereocenters. The second-order valence-electron chi connectivity index (χ2n) is 5.59. The maximum absolute atomic E-state index is 12.4. The third-order valence-corrected chi connectivity index (χ3v) is 4.36. The normalized spacial score (nSPS) is 14.8. The third-order valence-electron chi connectivity index (χ3n) is 4.05. The summed E-state index contributed by atoms with van der Waals surface area (Å²) in [4.78, 5) is 33.2. The van der Waals surface area contributed by atoms with Crippen molar-refractivity contribution in [3.8, 4) is 0 Å². The molecule has 2 aromatic rings. The number of hydrogen-bond donors (Lipinski definition) is 0. The van der Waals surface area contributed by atoms with E-state index in [4.69, 9.17) is 11.6 Å². The van der Waals surface area contributed by atoms with Crippen LogP contribution in [0.5, 0.6) is 0 Å². The summed E-state index contributed by atoms with van der Waals surface area (Å²) in [7, 11) is 0. The van der Waals surface area contributed by atoms with Crippen LogP contribution < -0.4 is 4.90 Å². The van der Waals surface area contributed by atoms with E-state index in [0.717, 1.165) is 17.8 Å². The van der Waals surface area contributed by atoms with Gasteiger partial charge in [0.05, 0.1) is 6.20 Å². The number of carbonyl (C=O) groups excluding carboxylic acids is 1. The van der Waals surface area contributed by atoms with Crippen molar-refractivity contribution in [2.45, 2.75) is 20.3 Å². The summed E-state index contributed by atoms with van der Waals surface area (Å²) in [5, 5.41) is 0.512. The molecule has 24 heavy (non-hydrogen) atoms. The van der Waals surface area contributed by atoms with E-state index in [-0.39, 0.29) is 5.91 Å². The van der Waals surface area contributed by atoms with Gasteiger partial charge in [0.1, 0.15) is 22.5 Å². The van der Waals surface area contributed by atoms with E-state index in [1.165, 1.54) is 12.4 Å². The molecule has 126 valence electrons. The molecule has 0 bridgehead atoms. The number of hydrogen-bond acceptors (Lipinski definition) is 6. The lowest BCUT2D eigenvalue weighted by Crippen LogP contribution is -2.49. The minimum Gasteiger partial charge on any atom is -0.353 e. The van der Waals surface area contributed by atoms with Crippen molar-refractivity contribution in [2.24, 2.45) is 0 Å². The first-order valence-electron chi connectivity index (χ1n) is 7.93. The minimum absolute atomic E-state index is 0.0876. The highest BCUT2D eigenvalue weighted by molar-refractivity contribution is 6.30. The molecule has 1 fully saturated rings. The highest BCUT2D eigenvalue weighted by Gasteiger charge is 2.25. The van der Waals surface area contributed by atoms with Gasteiger partial charge in [-0.3, -0.25) is 9.78 Å². The van der Waals surface area contributed by atoms with Gasteiger partial charge >= 0.3 is 0 Å². The Bertz CT molecular complexity index is 731. The minimum atomic E-state index is -0.0876. The van der Waals surface area contributed by atoms with Crippen molar-refractivity contribution < 1.29 is 4.79 Å². The monoisotopic (exact) mass is 346 g/mol. The summed E-state index contributed by atoms with van der Waals surface area (Å²) in [6, 6.07) is 0. The molecule has 1 aliphatic rings. The van der Waals surface area contributed by atoms with Crippen molar-refractivity contribution >= 4 is 23.3 Å². The van der Waals surface area contributed by atoms with E-state index in [0.29, 0.717) is 42.9 Å². The Hall–Kier alpha value is -2.28. The largest absolute Gasteiger partial charge is 0.353 e. The molecule has 3 rings (SSSR count). The predicted molar refractivity (Wildman–Crippen MR) is 91.3 cm³/mol. The quantitative estimate of drug-likeness (QED) is 0.788. The molecule has 7 nitrogen and oxygen atoms in total. The second kappa shape index (κ2) is 7.09. The van der Waals surface area contributed by atoms with Gasteiger partial charge in [0, 0.05) is 44.1 Å². The second-order valence-corrected chi connectivity index (χ2v) is 5.95. The fraction of sp³-hybridized carbons (Fsp3) is 0.438. The first-order valence-corrected chi connectivity index (χ1v) is 8.31. The van der Waals surface area contributed by atoms with Gasteiger partial charge in [-0.15, -0.1) is 0 Å². The number of piperazine rings is 1. The zero-order chi connectivity index (χ0) is 17.1. The Morgan fingerprint density at radius 2 is 1.96 bits per heavy atom. The number of rotatable bonds is 3. The molecule has 2 aromatic heterocycles. The molecule has 0 saturated carbocycles. The number of anilines is 1. The van der Waals surface area contributed by atoms with Crippen molar-refractivity contribution in [1.29, 1.82) is 0 Å². The zero-order valence-electron chi connectivity index (χ0n) is 13.7. The van der Waals surface area contributed by atoms with E-state index in [1.54, 1.807) is 11.1 Å². The summed E-state index contributed by atoms with van der Waals surface area (Å²) in [5.41, 5.74) is 1.33. The van der Waals surface area contributed by atoms with Crippen molar-refractivity contribution in [1.82, 2.24) is 24.8 Å². The standard InChI is InChI=1S/C16H19ClN6O/c1-3-12-14(17)20-11(2)21-15(12)22-6-8-23(9-7-22)16(24)13-10-18-4-5-19-13/h4-5,10H,3,6-9H2,1-2H3. The van der Waals surface area contributed by atoms with Crippen LogP contribution in [0.15, 0.2) is 18.6 Å². The van der Waals surface area contributed by atoms with E-state index in [9.17, 15) is 4.79 Å². The Kier molecular flexibility index (Phi) is 4.89. The third kappa shape index (κ3) is 3.31. The van der Waals surface area contributed by atoms with Crippen LogP contribution in [0.4, 0.5) is 5.82 Å². The number of amides is 1. The van der Waals surface area contributed by atoms with Crippen LogP contribution in [0.25, 0.3) is 0 Å². The van der Waals surface area contributed by atoms with Crippen LogP contribution in [0.3, 0.4) is 0 Å². The van der Waals surface area contributed by atoms with Gasteiger partial charge in [0.2, 0.25) is 0 Å². The van der Waals surface area contributed by atoms with Gasteiger partial charge < -0.3 is 9.80 Å². The number of nitrogens with zero attached hydrogens (tertiary/aromatic N) is 6. The van der Waals surface area contributed by atoms with Crippen LogP contribution >= 0.6 is 11.6 Å². The molecule has 0 aromatic carbocycles. The maximum atomic E-state index is 12.4. The molecular formula is C16H19ClN6O. The van der Waals surface area contributed by atoms with Crippen LogP contribution in [-0.2, 0) is 6.42 Å². The maximum Gasteiger partial charge on any atom is 0.274 e. The molecule has 0 spiro atoms. The molecular weight excluding hydrogens is 328 g/mol. The summed E-state index contributed by atoms with van der Waals surface area (Å²) in [5.74, 6) is 1.45. The fourth-order valence-electron chi connectivity index (χ4n) is 2.81. The van der Waals surface area contributed by atoms with Crippen molar-refractivity contribution in [2.75, 3.05) is 31.1 Å². The predicted octanol–water partition coefficient (Wildman–Crippen LogP) is 1.75. The van der Waals surface area contributed by atoms with Gasteiger partial charge in [0.25, 0.3) is 5.91 Å². The summed E-state index contributed by atoms with van der Waals surface area (Å²) in [6.45, 7) is 6.50. The molecule has 0 radical (unpaired) electrons. The lowest BCUT2D eigenvalue weighted by molar-refractivity contribution is 0.0740. The van der Waals surface area contributed by atoms with E-state index in [1.807, 2.05) is 13.8 Å².